The largest absolute Gasteiger partial charge is 0.496 e. The fourth-order valence-corrected chi connectivity index (χ4v) is 6.38. The molecule has 0 radical (unpaired) electrons. The van der Waals surface area contributed by atoms with Crippen molar-refractivity contribution >= 4 is 28.7 Å². The fraction of sp³-hybridized carbons (Fsp3) is 0.395. The molecule has 268 valence electrons. The molecule has 13 heteroatoms. The lowest BCUT2D eigenvalue weighted by Crippen LogP contribution is -2.52. The van der Waals surface area contributed by atoms with Gasteiger partial charge in [0.1, 0.15) is 34.9 Å². The second-order valence-electron chi connectivity index (χ2n) is 12.3. The van der Waals surface area contributed by atoms with Gasteiger partial charge in [0.25, 0.3) is 5.91 Å². The zero-order valence-corrected chi connectivity index (χ0v) is 29.0. The molecule has 1 saturated heterocycles. The number of rotatable bonds is 14. The van der Waals surface area contributed by atoms with Crippen molar-refractivity contribution in [2.75, 3.05) is 74.1 Å². The van der Waals surface area contributed by atoms with Crippen molar-refractivity contribution in [3.05, 3.63) is 83.3 Å². The maximum atomic E-state index is 13.6. The summed E-state index contributed by atoms with van der Waals surface area (Å²) in [5.41, 5.74) is 3.09. The van der Waals surface area contributed by atoms with Gasteiger partial charge in [-0.3, -0.25) is 9.78 Å². The number of hydrogen-bond donors (Lipinski definition) is 0. The van der Waals surface area contributed by atoms with Crippen LogP contribution in [0.5, 0.6) is 11.5 Å². The molecule has 2 aromatic carbocycles. The maximum absolute atomic E-state index is 13.6. The summed E-state index contributed by atoms with van der Waals surface area (Å²) in [7, 11) is 4.72. The summed E-state index contributed by atoms with van der Waals surface area (Å²) in [5.74, 6) is -0.0834. The first kappa shape index (κ1) is 35.7. The molecule has 0 unspecified atom stereocenters. The van der Waals surface area contributed by atoms with Gasteiger partial charge in [-0.1, -0.05) is 18.2 Å². The molecule has 4 heterocycles. The lowest BCUT2D eigenvalue weighted by molar-refractivity contribution is -0.0527. The molecule has 2 aromatic heterocycles. The first-order chi connectivity index (χ1) is 24.8. The molecule has 4 aromatic rings. The second kappa shape index (κ2) is 16.3. The van der Waals surface area contributed by atoms with Crippen LogP contribution in [-0.2, 0) is 30.1 Å². The summed E-state index contributed by atoms with van der Waals surface area (Å²) < 4.78 is 38.2. The summed E-state index contributed by atoms with van der Waals surface area (Å²) >= 11 is 0. The minimum atomic E-state index is -0.716. The topological polar surface area (TPSA) is 145 Å². The van der Waals surface area contributed by atoms with E-state index in [1.807, 2.05) is 24.3 Å². The number of esters is 2. The highest BCUT2D eigenvalue weighted by molar-refractivity contribution is 5.99. The first-order valence-corrected chi connectivity index (χ1v) is 16.8. The van der Waals surface area contributed by atoms with E-state index in [4.69, 9.17) is 33.2 Å². The number of hydrogen-bond acceptors (Lipinski definition) is 12. The van der Waals surface area contributed by atoms with Crippen LogP contribution in [0.2, 0.25) is 0 Å². The van der Waals surface area contributed by atoms with Crippen molar-refractivity contribution in [3.63, 3.8) is 0 Å². The molecule has 1 fully saturated rings. The maximum Gasteiger partial charge on any atom is 0.339 e. The number of ether oxygens (including phenoxy) is 7. The Balaban J connectivity index is 1.06. The first-order valence-electron chi connectivity index (χ1n) is 16.8. The van der Waals surface area contributed by atoms with Gasteiger partial charge >= 0.3 is 11.9 Å². The molecule has 0 bridgehead atoms. The van der Waals surface area contributed by atoms with E-state index in [0.717, 1.165) is 16.5 Å². The van der Waals surface area contributed by atoms with Crippen LogP contribution in [0.1, 0.15) is 49.6 Å². The van der Waals surface area contributed by atoms with Crippen molar-refractivity contribution < 1.29 is 47.5 Å². The quantitative estimate of drug-likeness (QED) is 0.135. The molecular weight excluding hydrogens is 658 g/mol. The van der Waals surface area contributed by atoms with E-state index >= 15 is 0 Å². The molecule has 1 amide bonds. The smallest absolute Gasteiger partial charge is 0.339 e. The molecule has 51 heavy (non-hydrogen) atoms. The minimum Gasteiger partial charge on any atom is -0.496 e. The standard InChI is InChI=1S/C38H41N3O10/c1-45-13-14-48-15-16-49-17-18-50-36(43)28-19-27(23-39-24-28)25-7-8-26-22-38(51-37(44)30(26)20-25)9-11-41(12-10-38)35(42)31-21-33(47-3)29-5-4-6-32(46-2)34(29)40-31/h4-8,19-21,23-24H,9-18,22H2,1-3H3. The zero-order valence-electron chi connectivity index (χ0n) is 29.0. The predicted molar refractivity (Wildman–Crippen MR) is 185 cm³/mol. The van der Waals surface area contributed by atoms with E-state index in [1.165, 1.54) is 6.20 Å². The lowest BCUT2D eigenvalue weighted by atomic mass is 9.81. The summed E-state index contributed by atoms with van der Waals surface area (Å²) in [5, 5.41) is 0.752. The average molecular weight is 700 g/mol. The van der Waals surface area contributed by atoms with Gasteiger partial charge < -0.3 is 38.1 Å². The van der Waals surface area contributed by atoms with Crippen molar-refractivity contribution in [1.29, 1.82) is 0 Å². The number of aromatic nitrogens is 2. The SMILES string of the molecule is COCCOCCOCCOC(=O)c1cncc(-c2ccc3c(c2)C(=O)OC2(CCN(C(=O)c4cc(OC)c5cccc(OC)c5n4)CC2)C3)c1. The van der Waals surface area contributed by atoms with Crippen molar-refractivity contribution in [2.45, 2.75) is 24.9 Å². The molecule has 2 aliphatic heterocycles. The summed E-state index contributed by atoms with van der Waals surface area (Å²) in [4.78, 5) is 50.3. The van der Waals surface area contributed by atoms with Gasteiger partial charge in [0.15, 0.2) is 0 Å². The summed E-state index contributed by atoms with van der Waals surface area (Å²) in [6.07, 6.45) is 4.57. The van der Waals surface area contributed by atoms with Gasteiger partial charge in [-0.2, -0.15) is 0 Å². The monoisotopic (exact) mass is 699 g/mol. The van der Waals surface area contributed by atoms with E-state index in [1.54, 1.807) is 56.7 Å². The number of pyridine rings is 2. The number of methoxy groups -OCH3 is 3. The number of amides is 1. The van der Waals surface area contributed by atoms with E-state index in [0.29, 0.717) is 86.9 Å². The third-order valence-electron chi connectivity index (χ3n) is 9.11. The number of carbonyl (C=O) groups is 3. The predicted octanol–water partition coefficient (Wildman–Crippen LogP) is 4.54. The highest BCUT2D eigenvalue weighted by Crippen LogP contribution is 2.38. The summed E-state index contributed by atoms with van der Waals surface area (Å²) in [6, 6.07) is 14.4. The highest BCUT2D eigenvalue weighted by Gasteiger charge is 2.44. The Hall–Kier alpha value is -5.11. The molecule has 0 atom stereocenters. The van der Waals surface area contributed by atoms with Crippen LogP contribution in [0.25, 0.3) is 22.0 Å². The van der Waals surface area contributed by atoms with Crippen LogP contribution in [0, 0.1) is 0 Å². The van der Waals surface area contributed by atoms with Gasteiger partial charge in [-0.25, -0.2) is 14.6 Å². The van der Waals surface area contributed by atoms with E-state index in [-0.39, 0.29) is 30.4 Å². The Morgan fingerprint density at radius 3 is 2.33 bits per heavy atom. The van der Waals surface area contributed by atoms with Crippen LogP contribution in [0.4, 0.5) is 0 Å². The van der Waals surface area contributed by atoms with Crippen LogP contribution in [0.3, 0.4) is 0 Å². The molecule has 0 aliphatic carbocycles. The Morgan fingerprint density at radius 1 is 0.843 bits per heavy atom. The second-order valence-corrected chi connectivity index (χ2v) is 12.3. The number of fused-ring (bicyclic) bond motifs is 2. The minimum absolute atomic E-state index is 0.0871. The van der Waals surface area contributed by atoms with Gasteiger partial charge in [0, 0.05) is 68.9 Å². The van der Waals surface area contributed by atoms with Crippen LogP contribution in [0.15, 0.2) is 60.9 Å². The Bertz CT molecular complexity index is 1890. The lowest BCUT2D eigenvalue weighted by Gasteiger charge is -2.43. The van der Waals surface area contributed by atoms with Crippen LogP contribution in [-0.4, -0.2) is 112 Å². The Kier molecular flexibility index (Phi) is 11.4. The molecule has 2 aliphatic rings. The number of carbonyl (C=O) groups excluding carboxylic acids is 3. The highest BCUT2D eigenvalue weighted by atomic mass is 16.6. The van der Waals surface area contributed by atoms with Crippen molar-refractivity contribution in [1.82, 2.24) is 14.9 Å². The van der Waals surface area contributed by atoms with E-state index < -0.39 is 17.5 Å². The molecule has 6 rings (SSSR count). The van der Waals surface area contributed by atoms with Gasteiger partial charge in [0.2, 0.25) is 0 Å². The van der Waals surface area contributed by atoms with Gasteiger partial charge in [-0.05, 0) is 35.4 Å². The van der Waals surface area contributed by atoms with Gasteiger partial charge in [0.05, 0.1) is 58.4 Å². The average Bonchev–Trinajstić information content (AvgIpc) is 3.16. The molecule has 0 N–H and O–H groups in total. The van der Waals surface area contributed by atoms with E-state index in [2.05, 4.69) is 9.97 Å². The molecular formula is C38H41N3O10. The normalized spacial score (nSPS) is 15.0. The molecule has 0 saturated carbocycles. The third kappa shape index (κ3) is 8.11. The van der Waals surface area contributed by atoms with Crippen molar-refractivity contribution in [2.24, 2.45) is 0 Å². The molecule has 13 nitrogen and oxygen atoms in total. The van der Waals surface area contributed by atoms with Crippen molar-refractivity contribution in [3.8, 4) is 22.6 Å². The fourth-order valence-electron chi connectivity index (χ4n) is 6.38. The van der Waals surface area contributed by atoms with Crippen LogP contribution >= 0.6 is 0 Å². The number of nitrogens with zero attached hydrogens (tertiary/aromatic N) is 3. The number of benzene rings is 2. The number of para-hydroxylation sites is 1. The van der Waals surface area contributed by atoms with E-state index in [9.17, 15) is 14.4 Å². The Labute approximate surface area is 295 Å². The number of piperidine rings is 1. The summed E-state index contributed by atoms with van der Waals surface area (Å²) in [6.45, 7) is 2.95. The van der Waals surface area contributed by atoms with Gasteiger partial charge in [-0.15, -0.1) is 0 Å². The Morgan fingerprint density at radius 2 is 1.59 bits per heavy atom. The molecule has 1 spiro atoms. The van der Waals surface area contributed by atoms with Crippen LogP contribution < -0.4 is 9.47 Å². The zero-order chi connectivity index (χ0) is 35.8. The number of likely N-dealkylation sites (tertiary alicyclic amines) is 1. The third-order valence-corrected chi connectivity index (χ3v) is 9.11.